The van der Waals surface area contributed by atoms with Crippen molar-refractivity contribution in [2.75, 3.05) is 0 Å². The van der Waals surface area contributed by atoms with E-state index in [1.807, 2.05) is 22.7 Å². The van der Waals surface area contributed by atoms with Crippen LogP contribution in [0.15, 0.2) is 66.0 Å². The molecule has 0 unspecified atom stereocenters. The first-order chi connectivity index (χ1) is 12.9. The number of unbranched alkanes of at least 4 members (excludes halogenated alkanes) is 3. The van der Waals surface area contributed by atoms with Crippen LogP contribution >= 0.6 is 22.7 Å². The second-order valence-electron chi connectivity index (χ2n) is 6.78. The highest BCUT2D eigenvalue weighted by molar-refractivity contribution is 7.23. The van der Waals surface area contributed by atoms with Gasteiger partial charge in [-0.05, 0) is 52.3 Å². The van der Waals surface area contributed by atoms with E-state index in [0.29, 0.717) is 0 Å². The number of benzene rings is 2. The minimum absolute atomic E-state index is 1.19. The van der Waals surface area contributed by atoms with Crippen LogP contribution in [0.3, 0.4) is 0 Å². The second-order valence-corrected chi connectivity index (χ2v) is 8.78. The lowest BCUT2D eigenvalue weighted by atomic mass is 10.0. The number of hydrogen-bond donors (Lipinski definition) is 0. The Bertz CT molecular complexity index is 971. The van der Waals surface area contributed by atoms with Crippen molar-refractivity contribution in [3.05, 3.63) is 71.6 Å². The Kier molecular flexibility index (Phi) is 5.52. The fraction of sp³-hybridized carbons (Fsp3) is 0.250. The molecule has 0 aliphatic carbocycles. The van der Waals surface area contributed by atoms with Crippen molar-refractivity contribution in [2.45, 2.75) is 39.0 Å². The van der Waals surface area contributed by atoms with Gasteiger partial charge in [0, 0.05) is 14.6 Å². The van der Waals surface area contributed by atoms with Crippen molar-refractivity contribution in [1.82, 2.24) is 0 Å². The molecule has 0 amide bonds. The highest BCUT2D eigenvalue weighted by Gasteiger charge is 2.14. The maximum absolute atomic E-state index is 2.45. The standard InChI is InChI=1S/C24H24S2/c1-2-3-4-5-11-19-17-23(26-24(19)22-15-9-16-25-22)21-14-8-12-18-10-6-7-13-20(18)21/h6-10,12-17H,2-5,11H2,1H3. The smallest absolute Gasteiger partial charge is 0.0481 e. The molecule has 4 rings (SSSR count). The molecule has 0 fully saturated rings. The quantitative estimate of drug-likeness (QED) is 0.284. The number of rotatable bonds is 7. The van der Waals surface area contributed by atoms with Crippen LogP contribution < -0.4 is 0 Å². The van der Waals surface area contributed by atoms with Crippen LogP contribution in [0, 0.1) is 0 Å². The molecule has 0 N–H and O–H groups in total. The van der Waals surface area contributed by atoms with Crippen molar-refractivity contribution < 1.29 is 0 Å². The average molecular weight is 377 g/mol. The summed E-state index contributed by atoms with van der Waals surface area (Å²) in [6.45, 7) is 2.28. The maximum Gasteiger partial charge on any atom is 0.0481 e. The number of aryl methyl sites for hydroxylation is 1. The van der Waals surface area contributed by atoms with Crippen LogP contribution in [0.4, 0.5) is 0 Å². The molecule has 2 heterocycles. The first kappa shape index (κ1) is 17.5. The van der Waals surface area contributed by atoms with E-state index in [-0.39, 0.29) is 0 Å². The van der Waals surface area contributed by atoms with E-state index >= 15 is 0 Å². The zero-order chi connectivity index (χ0) is 17.8. The number of fused-ring (bicyclic) bond motifs is 1. The summed E-state index contributed by atoms with van der Waals surface area (Å²) < 4.78 is 0. The van der Waals surface area contributed by atoms with Gasteiger partial charge < -0.3 is 0 Å². The van der Waals surface area contributed by atoms with Crippen LogP contribution in [0.2, 0.25) is 0 Å². The minimum atomic E-state index is 1.19. The third-order valence-corrected chi connectivity index (χ3v) is 7.17. The predicted molar refractivity (Wildman–Crippen MR) is 118 cm³/mol. The summed E-state index contributed by atoms with van der Waals surface area (Å²) in [5, 5.41) is 4.86. The van der Waals surface area contributed by atoms with Gasteiger partial charge in [0.25, 0.3) is 0 Å². The summed E-state index contributed by atoms with van der Waals surface area (Å²) in [4.78, 5) is 4.28. The first-order valence-electron chi connectivity index (χ1n) is 9.51. The molecule has 0 aliphatic heterocycles. The Morgan fingerprint density at radius 1 is 0.808 bits per heavy atom. The lowest BCUT2D eigenvalue weighted by Crippen LogP contribution is -1.85. The Labute approximate surface area is 164 Å². The highest BCUT2D eigenvalue weighted by Crippen LogP contribution is 2.42. The Morgan fingerprint density at radius 3 is 2.54 bits per heavy atom. The lowest BCUT2D eigenvalue weighted by molar-refractivity contribution is 0.668. The maximum atomic E-state index is 2.45. The molecule has 2 heteroatoms. The predicted octanol–water partition coefficient (Wildman–Crippen LogP) is 8.42. The molecular weight excluding hydrogens is 352 g/mol. The molecule has 0 bridgehead atoms. The molecule has 0 radical (unpaired) electrons. The molecule has 26 heavy (non-hydrogen) atoms. The third-order valence-electron chi connectivity index (χ3n) is 4.91. The van der Waals surface area contributed by atoms with Crippen molar-refractivity contribution in [3.8, 4) is 20.2 Å². The molecule has 0 saturated heterocycles. The van der Waals surface area contributed by atoms with E-state index < -0.39 is 0 Å². The van der Waals surface area contributed by atoms with Crippen molar-refractivity contribution in [1.29, 1.82) is 0 Å². The van der Waals surface area contributed by atoms with Gasteiger partial charge in [-0.25, -0.2) is 0 Å². The summed E-state index contributed by atoms with van der Waals surface area (Å²) in [7, 11) is 0. The van der Waals surface area contributed by atoms with Gasteiger partial charge in [0.15, 0.2) is 0 Å². The molecule has 2 aromatic heterocycles. The summed E-state index contributed by atoms with van der Waals surface area (Å²) in [5.74, 6) is 0. The fourth-order valence-corrected chi connectivity index (χ4v) is 5.68. The molecule has 0 nitrogen and oxygen atoms in total. The number of thiophene rings is 2. The normalized spacial score (nSPS) is 11.3. The summed E-state index contributed by atoms with van der Waals surface area (Å²) in [5.41, 5.74) is 2.89. The highest BCUT2D eigenvalue weighted by atomic mass is 32.1. The van der Waals surface area contributed by atoms with E-state index in [9.17, 15) is 0 Å². The SMILES string of the molecule is CCCCCCc1cc(-c2cccc3ccccc23)sc1-c1cccs1. The van der Waals surface area contributed by atoms with Crippen LogP contribution in [0.5, 0.6) is 0 Å². The molecule has 0 spiro atoms. The van der Waals surface area contributed by atoms with Crippen molar-refractivity contribution >= 4 is 33.4 Å². The minimum Gasteiger partial charge on any atom is -0.143 e. The van der Waals surface area contributed by atoms with Crippen LogP contribution in [0.1, 0.15) is 38.2 Å². The van der Waals surface area contributed by atoms with Gasteiger partial charge in [0.1, 0.15) is 0 Å². The molecular formula is C24H24S2. The van der Waals surface area contributed by atoms with Gasteiger partial charge in [-0.3, -0.25) is 0 Å². The first-order valence-corrected chi connectivity index (χ1v) is 11.2. The van der Waals surface area contributed by atoms with Crippen molar-refractivity contribution in [2.24, 2.45) is 0 Å². The van der Waals surface area contributed by atoms with Gasteiger partial charge in [-0.2, -0.15) is 0 Å². The Hall–Kier alpha value is -1.90. The Balaban J connectivity index is 1.74. The fourth-order valence-electron chi connectivity index (χ4n) is 3.55. The van der Waals surface area contributed by atoms with Crippen LogP contribution in [0.25, 0.3) is 31.0 Å². The van der Waals surface area contributed by atoms with Crippen LogP contribution in [-0.4, -0.2) is 0 Å². The molecule has 132 valence electrons. The third kappa shape index (κ3) is 3.62. The van der Waals surface area contributed by atoms with Crippen molar-refractivity contribution in [3.63, 3.8) is 0 Å². The van der Waals surface area contributed by atoms with Gasteiger partial charge in [-0.15, -0.1) is 22.7 Å². The largest absolute Gasteiger partial charge is 0.143 e. The lowest BCUT2D eigenvalue weighted by Gasteiger charge is -2.04. The monoisotopic (exact) mass is 376 g/mol. The van der Waals surface area contributed by atoms with E-state index in [2.05, 4.69) is 73.0 Å². The van der Waals surface area contributed by atoms with Gasteiger partial charge >= 0.3 is 0 Å². The molecule has 2 aromatic carbocycles. The Morgan fingerprint density at radius 2 is 1.69 bits per heavy atom. The summed E-state index contributed by atoms with van der Waals surface area (Å²) in [6, 6.07) is 22.3. The molecule has 0 atom stereocenters. The molecule has 0 aliphatic rings. The zero-order valence-electron chi connectivity index (χ0n) is 15.2. The van der Waals surface area contributed by atoms with Gasteiger partial charge in [0.05, 0.1) is 0 Å². The van der Waals surface area contributed by atoms with E-state index in [1.54, 1.807) is 0 Å². The van der Waals surface area contributed by atoms with E-state index in [1.165, 1.54) is 68.6 Å². The van der Waals surface area contributed by atoms with E-state index in [0.717, 1.165) is 0 Å². The number of hydrogen-bond acceptors (Lipinski definition) is 2. The average Bonchev–Trinajstić information content (AvgIpc) is 3.34. The summed E-state index contributed by atoms with van der Waals surface area (Å²) >= 11 is 3.82. The molecule has 4 aromatic rings. The zero-order valence-corrected chi connectivity index (χ0v) is 16.8. The molecule has 0 saturated carbocycles. The summed E-state index contributed by atoms with van der Waals surface area (Å²) in [6.07, 6.45) is 6.45. The van der Waals surface area contributed by atoms with Crippen LogP contribution in [-0.2, 0) is 6.42 Å². The van der Waals surface area contributed by atoms with Gasteiger partial charge in [-0.1, -0.05) is 74.7 Å². The topological polar surface area (TPSA) is 0 Å². The van der Waals surface area contributed by atoms with Gasteiger partial charge in [0.2, 0.25) is 0 Å². The van der Waals surface area contributed by atoms with E-state index in [4.69, 9.17) is 0 Å². The second kappa shape index (κ2) is 8.20.